The molecule has 0 heterocycles. The summed E-state index contributed by atoms with van der Waals surface area (Å²) in [5, 5.41) is 9.18. The van der Waals surface area contributed by atoms with Gasteiger partial charge in [0.05, 0.1) is 12.5 Å². The van der Waals surface area contributed by atoms with Gasteiger partial charge in [0, 0.05) is 13.6 Å². The van der Waals surface area contributed by atoms with Crippen molar-refractivity contribution in [1.29, 1.82) is 0 Å². The first-order chi connectivity index (χ1) is 7.49. The molecule has 0 saturated carbocycles. The van der Waals surface area contributed by atoms with Gasteiger partial charge in [-0.15, -0.1) is 0 Å². The first-order valence-electron chi connectivity index (χ1n) is 5.46. The molecule has 1 aromatic rings. The van der Waals surface area contributed by atoms with E-state index in [9.17, 15) is 9.90 Å². The number of hydrogen-bond donors (Lipinski definition) is 1. The molecule has 3 heteroatoms. The number of aryl methyl sites for hydroxylation is 1. The molecule has 0 aliphatic carbocycles. The highest BCUT2D eigenvalue weighted by atomic mass is 16.3. The van der Waals surface area contributed by atoms with Crippen LogP contribution in [0.5, 0.6) is 0 Å². The summed E-state index contributed by atoms with van der Waals surface area (Å²) in [5.74, 6) is 0.0322. The fourth-order valence-electron chi connectivity index (χ4n) is 1.51. The van der Waals surface area contributed by atoms with Gasteiger partial charge in [0.1, 0.15) is 0 Å². The Bertz CT molecular complexity index is 343. The fourth-order valence-corrected chi connectivity index (χ4v) is 1.51. The summed E-state index contributed by atoms with van der Waals surface area (Å²) < 4.78 is 0. The Balaban J connectivity index is 2.54. The molecule has 0 saturated heterocycles. The number of benzene rings is 1. The van der Waals surface area contributed by atoms with E-state index < -0.39 is 6.10 Å². The van der Waals surface area contributed by atoms with Gasteiger partial charge in [0.15, 0.2) is 0 Å². The molecule has 1 unspecified atom stereocenters. The van der Waals surface area contributed by atoms with Gasteiger partial charge in [-0.25, -0.2) is 0 Å². The van der Waals surface area contributed by atoms with Crippen LogP contribution < -0.4 is 0 Å². The molecule has 0 aromatic heterocycles. The molecular formula is C13H19NO2. The highest BCUT2D eigenvalue weighted by molar-refractivity contribution is 5.78. The molecule has 1 amide bonds. The number of carbonyl (C=O) groups is 1. The molecule has 0 fully saturated rings. The van der Waals surface area contributed by atoms with Crippen LogP contribution in [-0.4, -0.2) is 35.6 Å². The summed E-state index contributed by atoms with van der Waals surface area (Å²) in [7, 11) is 1.71. The standard InChI is InChI=1S/C13H19NO2/c1-10-4-6-12(7-5-10)8-13(16)14(3)9-11(2)15/h4-7,11,15H,8-9H2,1-3H3. The van der Waals surface area contributed by atoms with E-state index in [4.69, 9.17) is 0 Å². The number of carbonyl (C=O) groups excluding carboxylic acids is 1. The predicted molar refractivity (Wildman–Crippen MR) is 64.2 cm³/mol. The smallest absolute Gasteiger partial charge is 0.226 e. The zero-order valence-corrected chi connectivity index (χ0v) is 10.1. The number of nitrogens with zero attached hydrogens (tertiary/aromatic N) is 1. The molecule has 16 heavy (non-hydrogen) atoms. The normalized spacial score (nSPS) is 12.2. The zero-order chi connectivity index (χ0) is 12.1. The van der Waals surface area contributed by atoms with E-state index >= 15 is 0 Å². The second kappa shape index (κ2) is 5.66. The molecule has 0 spiro atoms. The van der Waals surface area contributed by atoms with E-state index in [0.717, 1.165) is 5.56 Å². The number of likely N-dealkylation sites (N-methyl/N-ethyl adjacent to an activating group) is 1. The Labute approximate surface area is 96.7 Å². The van der Waals surface area contributed by atoms with Crippen LogP contribution in [0.4, 0.5) is 0 Å². The van der Waals surface area contributed by atoms with Gasteiger partial charge < -0.3 is 10.0 Å². The number of aliphatic hydroxyl groups excluding tert-OH is 1. The van der Waals surface area contributed by atoms with E-state index in [1.165, 1.54) is 5.56 Å². The quantitative estimate of drug-likeness (QED) is 0.834. The van der Waals surface area contributed by atoms with Crippen molar-refractivity contribution >= 4 is 5.91 Å². The van der Waals surface area contributed by atoms with Crippen LogP contribution in [0, 0.1) is 6.92 Å². The van der Waals surface area contributed by atoms with E-state index in [2.05, 4.69) is 0 Å². The lowest BCUT2D eigenvalue weighted by molar-refractivity contribution is -0.130. The largest absolute Gasteiger partial charge is 0.392 e. The Hall–Kier alpha value is -1.35. The number of aliphatic hydroxyl groups is 1. The summed E-state index contributed by atoms with van der Waals surface area (Å²) >= 11 is 0. The van der Waals surface area contributed by atoms with E-state index in [1.54, 1.807) is 18.9 Å². The van der Waals surface area contributed by atoms with Crippen molar-refractivity contribution in [3.05, 3.63) is 35.4 Å². The van der Waals surface area contributed by atoms with Gasteiger partial charge in [-0.2, -0.15) is 0 Å². The van der Waals surface area contributed by atoms with Crippen LogP contribution in [0.1, 0.15) is 18.1 Å². The summed E-state index contributed by atoms with van der Waals surface area (Å²) in [5.41, 5.74) is 2.20. The maximum absolute atomic E-state index is 11.7. The highest BCUT2D eigenvalue weighted by Crippen LogP contribution is 2.05. The molecule has 88 valence electrons. The Morgan fingerprint density at radius 2 is 1.94 bits per heavy atom. The molecule has 3 nitrogen and oxygen atoms in total. The van der Waals surface area contributed by atoms with Crippen LogP contribution in [0.3, 0.4) is 0 Å². The minimum absolute atomic E-state index is 0.0322. The number of rotatable bonds is 4. The van der Waals surface area contributed by atoms with Crippen molar-refractivity contribution in [1.82, 2.24) is 4.90 Å². The van der Waals surface area contributed by atoms with Gasteiger partial charge in [-0.3, -0.25) is 4.79 Å². The maximum atomic E-state index is 11.7. The third-order valence-corrected chi connectivity index (χ3v) is 2.44. The third-order valence-electron chi connectivity index (χ3n) is 2.44. The summed E-state index contributed by atoms with van der Waals surface area (Å²) in [6.07, 6.45) is -0.0873. The third kappa shape index (κ3) is 4.03. The monoisotopic (exact) mass is 221 g/mol. The summed E-state index contributed by atoms with van der Waals surface area (Å²) in [6, 6.07) is 7.92. The summed E-state index contributed by atoms with van der Waals surface area (Å²) in [4.78, 5) is 13.3. The highest BCUT2D eigenvalue weighted by Gasteiger charge is 2.11. The lowest BCUT2D eigenvalue weighted by Gasteiger charge is -2.18. The van der Waals surface area contributed by atoms with E-state index in [1.807, 2.05) is 31.2 Å². The van der Waals surface area contributed by atoms with Crippen molar-refractivity contribution in [3.8, 4) is 0 Å². The molecule has 1 aromatic carbocycles. The second-order valence-corrected chi connectivity index (χ2v) is 4.29. The Morgan fingerprint density at radius 3 is 2.44 bits per heavy atom. The lowest BCUT2D eigenvalue weighted by atomic mass is 10.1. The molecular weight excluding hydrogens is 202 g/mol. The molecule has 0 aliphatic heterocycles. The van der Waals surface area contributed by atoms with Crippen molar-refractivity contribution in [2.24, 2.45) is 0 Å². The topological polar surface area (TPSA) is 40.5 Å². The Kier molecular flexibility index (Phi) is 4.50. The lowest BCUT2D eigenvalue weighted by Crippen LogP contribution is -2.34. The number of hydrogen-bond acceptors (Lipinski definition) is 2. The van der Waals surface area contributed by atoms with Crippen molar-refractivity contribution < 1.29 is 9.90 Å². The van der Waals surface area contributed by atoms with Crippen LogP contribution >= 0.6 is 0 Å². The van der Waals surface area contributed by atoms with Gasteiger partial charge in [-0.05, 0) is 19.4 Å². The summed E-state index contributed by atoms with van der Waals surface area (Å²) in [6.45, 7) is 4.07. The van der Waals surface area contributed by atoms with Crippen molar-refractivity contribution in [2.75, 3.05) is 13.6 Å². The molecule has 1 atom stereocenters. The van der Waals surface area contributed by atoms with Crippen LogP contribution in [0.25, 0.3) is 0 Å². The molecule has 0 aliphatic rings. The Morgan fingerprint density at radius 1 is 1.38 bits per heavy atom. The average Bonchev–Trinajstić information content (AvgIpc) is 2.20. The van der Waals surface area contributed by atoms with Crippen LogP contribution in [-0.2, 0) is 11.2 Å². The minimum atomic E-state index is -0.480. The number of amides is 1. The van der Waals surface area contributed by atoms with Crippen LogP contribution in [0.2, 0.25) is 0 Å². The van der Waals surface area contributed by atoms with Crippen LogP contribution in [0.15, 0.2) is 24.3 Å². The van der Waals surface area contributed by atoms with Crippen molar-refractivity contribution in [3.63, 3.8) is 0 Å². The van der Waals surface area contributed by atoms with E-state index in [-0.39, 0.29) is 5.91 Å². The first kappa shape index (κ1) is 12.7. The van der Waals surface area contributed by atoms with Gasteiger partial charge >= 0.3 is 0 Å². The van der Waals surface area contributed by atoms with Gasteiger partial charge in [0.25, 0.3) is 0 Å². The first-order valence-corrected chi connectivity index (χ1v) is 5.46. The van der Waals surface area contributed by atoms with Gasteiger partial charge in [0.2, 0.25) is 5.91 Å². The second-order valence-electron chi connectivity index (χ2n) is 4.29. The molecule has 1 rings (SSSR count). The molecule has 0 radical (unpaired) electrons. The predicted octanol–water partition coefficient (Wildman–Crippen LogP) is 1.38. The average molecular weight is 221 g/mol. The van der Waals surface area contributed by atoms with Crippen molar-refractivity contribution in [2.45, 2.75) is 26.4 Å². The minimum Gasteiger partial charge on any atom is -0.392 e. The molecule has 1 N–H and O–H groups in total. The zero-order valence-electron chi connectivity index (χ0n) is 10.1. The fraction of sp³-hybridized carbons (Fsp3) is 0.462. The van der Waals surface area contributed by atoms with E-state index in [0.29, 0.717) is 13.0 Å². The van der Waals surface area contributed by atoms with Gasteiger partial charge in [-0.1, -0.05) is 29.8 Å². The SMILES string of the molecule is Cc1ccc(CC(=O)N(C)CC(C)O)cc1. The molecule has 0 bridgehead atoms. The maximum Gasteiger partial charge on any atom is 0.226 e.